The minimum Gasteiger partial charge on any atom is -0.379 e. The Morgan fingerprint density at radius 3 is 3.04 bits per heavy atom. The molecule has 1 amide bonds. The zero-order valence-electron chi connectivity index (χ0n) is 14.1. The van der Waals surface area contributed by atoms with Crippen LogP contribution in [0.5, 0.6) is 0 Å². The zero-order valence-corrected chi connectivity index (χ0v) is 14.1. The maximum absolute atomic E-state index is 12.3. The summed E-state index contributed by atoms with van der Waals surface area (Å²) >= 11 is 0. The average Bonchev–Trinajstić information content (AvgIpc) is 2.94. The van der Waals surface area contributed by atoms with Crippen molar-refractivity contribution in [3.05, 3.63) is 51.7 Å². The lowest BCUT2D eigenvalue weighted by Gasteiger charge is -2.32. The van der Waals surface area contributed by atoms with Crippen LogP contribution in [-0.2, 0) is 27.3 Å². The molecular weight excluding hydrogens is 324 g/mol. The minimum absolute atomic E-state index is 0.0220. The first kappa shape index (κ1) is 17.4. The van der Waals surface area contributed by atoms with Gasteiger partial charge in [0, 0.05) is 24.1 Å². The molecule has 1 aliphatic heterocycles. The molecule has 3 rings (SSSR count). The SMILES string of the molecule is Cc1[nH][nH]c(=O)c1CC(=O)N[C@@H]1COCC[C@H]1OCc1ccccn1. The van der Waals surface area contributed by atoms with Crippen molar-refractivity contribution < 1.29 is 14.3 Å². The number of pyridine rings is 1. The van der Waals surface area contributed by atoms with E-state index in [9.17, 15) is 9.59 Å². The maximum atomic E-state index is 12.3. The molecule has 134 valence electrons. The lowest BCUT2D eigenvalue weighted by molar-refractivity contribution is -0.126. The van der Waals surface area contributed by atoms with Crippen molar-refractivity contribution in [2.75, 3.05) is 13.2 Å². The molecule has 8 heteroatoms. The molecule has 1 fully saturated rings. The molecule has 2 aromatic rings. The van der Waals surface area contributed by atoms with E-state index >= 15 is 0 Å². The molecule has 0 bridgehead atoms. The molecule has 25 heavy (non-hydrogen) atoms. The van der Waals surface area contributed by atoms with Gasteiger partial charge in [-0.2, -0.15) is 0 Å². The number of nitrogens with zero attached hydrogens (tertiary/aromatic N) is 1. The highest BCUT2D eigenvalue weighted by Crippen LogP contribution is 2.14. The third-order valence-electron chi connectivity index (χ3n) is 4.24. The van der Waals surface area contributed by atoms with Crippen LogP contribution in [-0.4, -0.2) is 46.4 Å². The molecule has 0 spiro atoms. The quantitative estimate of drug-likeness (QED) is 0.703. The number of rotatable bonds is 6. The number of nitrogens with one attached hydrogen (secondary N) is 3. The molecule has 8 nitrogen and oxygen atoms in total. The number of aryl methyl sites for hydroxylation is 1. The van der Waals surface area contributed by atoms with Crippen LogP contribution in [0.1, 0.15) is 23.4 Å². The van der Waals surface area contributed by atoms with Gasteiger partial charge >= 0.3 is 0 Å². The van der Waals surface area contributed by atoms with Gasteiger partial charge in [0.25, 0.3) is 5.56 Å². The Morgan fingerprint density at radius 1 is 1.44 bits per heavy atom. The molecule has 2 atom stereocenters. The van der Waals surface area contributed by atoms with E-state index in [0.29, 0.717) is 37.5 Å². The Hall–Kier alpha value is -2.45. The first-order valence-electron chi connectivity index (χ1n) is 8.28. The summed E-state index contributed by atoms with van der Waals surface area (Å²) in [6.45, 7) is 3.12. The standard InChI is InChI=1S/C17H22N4O4/c1-11-13(17(23)21-20-11)8-16(22)19-14-10-24-7-5-15(14)25-9-12-4-2-3-6-18-12/h2-4,6,14-15H,5,7-10H2,1H3,(H,19,22)(H2,20,21,23)/t14-,15-/m1/s1. The molecule has 1 saturated heterocycles. The predicted molar refractivity (Wildman–Crippen MR) is 90.0 cm³/mol. The van der Waals surface area contributed by atoms with Crippen LogP contribution in [0.4, 0.5) is 0 Å². The molecule has 0 aliphatic carbocycles. The van der Waals surface area contributed by atoms with E-state index in [1.165, 1.54) is 0 Å². The van der Waals surface area contributed by atoms with Crippen molar-refractivity contribution in [1.82, 2.24) is 20.5 Å². The number of ether oxygens (including phenoxy) is 2. The van der Waals surface area contributed by atoms with Crippen molar-refractivity contribution in [2.45, 2.75) is 38.5 Å². The molecule has 1 aliphatic rings. The van der Waals surface area contributed by atoms with Crippen LogP contribution in [0.2, 0.25) is 0 Å². The fourth-order valence-corrected chi connectivity index (χ4v) is 2.83. The number of hydrogen-bond acceptors (Lipinski definition) is 5. The number of hydrogen-bond donors (Lipinski definition) is 3. The summed E-state index contributed by atoms with van der Waals surface area (Å²) in [5, 5.41) is 8.12. The fourth-order valence-electron chi connectivity index (χ4n) is 2.83. The molecule has 0 aromatic carbocycles. The van der Waals surface area contributed by atoms with Gasteiger partial charge < -0.3 is 19.9 Å². The summed E-state index contributed by atoms with van der Waals surface area (Å²) in [6, 6.07) is 5.41. The zero-order chi connectivity index (χ0) is 17.6. The van der Waals surface area contributed by atoms with E-state index in [4.69, 9.17) is 9.47 Å². The lowest BCUT2D eigenvalue weighted by Crippen LogP contribution is -2.51. The summed E-state index contributed by atoms with van der Waals surface area (Å²) in [5.41, 5.74) is 1.69. The summed E-state index contributed by atoms with van der Waals surface area (Å²) < 4.78 is 11.4. The topological polar surface area (TPSA) is 109 Å². The molecule has 3 N–H and O–H groups in total. The second-order valence-corrected chi connectivity index (χ2v) is 6.07. The van der Waals surface area contributed by atoms with Gasteiger partial charge in [-0.05, 0) is 25.5 Å². The second kappa shape index (κ2) is 8.09. The van der Waals surface area contributed by atoms with E-state index in [1.54, 1.807) is 13.1 Å². The Kier molecular flexibility index (Phi) is 5.62. The number of aromatic amines is 2. The molecule has 0 radical (unpaired) electrons. The van der Waals surface area contributed by atoms with Gasteiger partial charge in [-0.3, -0.25) is 19.7 Å². The summed E-state index contributed by atoms with van der Waals surface area (Å²) in [4.78, 5) is 28.2. The highest BCUT2D eigenvalue weighted by atomic mass is 16.5. The number of aromatic nitrogens is 3. The van der Waals surface area contributed by atoms with E-state index in [0.717, 1.165) is 5.69 Å². The van der Waals surface area contributed by atoms with Crippen LogP contribution in [0, 0.1) is 6.92 Å². The fraction of sp³-hybridized carbons (Fsp3) is 0.471. The van der Waals surface area contributed by atoms with Crippen molar-refractivity contribution in [3.63, 3.8) is 0 Å². The molecule has 0 saturated carbocycles. The smallest absolute Gasteiger partial charge is 0.267 e. The third-order valence-corrected chi connectivity index (χ3v) is 4.24. The Balaban J connectivity index is 1.57. The molecule has 2 aromatic heterocycles. The number of amides is 1. The number of H-pyrrole nitrogens is 2. The highest BCUT2D eigenvalue weighted by molar-refractivity contribution is 5.79. The Morgan fingerprint density at radius 2 is 2.32 bits per heavy atom. The highest BCUT2D eigenvalue weighted by Gasteiger charge is 2.28. The van der Waals surface area contributed by atoms with Gasteiger partial charge in [0.15, 0.2) is 0 Å². The third kappa shape index (κ3) is 4.55. The van der Waals surface area contributed by atoms with Gasteiger partial charge in [-0.1, -0.05) is 6.07 Å². The van der Waals surface area contributed by atoms with E-state index in [1.807, 2.05) is 18.2 Å². The normalized spacial score (nSPS) is 20.4. The van der Waals surface area contributed by atoms with Crippen LogP contribution >= 0.6 is 0 Å². The first-order chi connectivity index (χ1) is 12.1. The van der Waals surface area contributed by atoms with Crippen LogP contribution < -0.4 is 10.9 Å². The Bertz CT molecular complexity index is 756. The first-order valence-corrected chi connectivity index (χ1v) is 8.28. The largest absolute Gasteiger partial charge is 0.379 e. The van der Waals surface area contributed by atoms with Gasteiger partial charge in [0.2, 0.25) is 5.91 Å². The Labute approximate surface area is 144 Å². The van der Waals surface area contributed by atoms with Crippen LogP contribution in [0.25, 0.3) is 0 Å². The minimum atomic E-state index is -0.268. The summed E-state index contributed by atoms with van der Waals surface area (Å²) in [5.74, 6) is -0.227. The van der Waals surface area contributed by atoms with Crippen molar-refractivity contribution >= 4 is 5.91 Å². The maximum Gasteiger partial charge on any atom is 0.267 e. The van der Waals surface area contributed by atoms with Crippen molar-refractivity contribution in [1.29, 1.82) is 0 Å². The van der Waals surface area contributed by atoms with E-state index in [2.05, 4.69) is 20.5 Å². The van der Waals surface area contributed by atoms with Gasteiger partial charge in [0.1, 0.15) is 0 Å². The summed E-state index contributed by atoms with van der Waals surface area (Å²) in [7, 11) is 0. The van der Waals surface area contributed by atoms with Gasteiger partial charge in [-0.15, -0.1) is 0 Å². The number of carbonyl (C=O) groups excluding carboxylic acids is 1. The van der Waals surface area contributed by atoms with Crippen molar-refractivity contribution in [3.8, 4) is 0 Å². The predicted octanol–water partition coefficient (Wildman–Crippen LogP) is 0.439. The second-order valence-electron chi connectivity index (χ2n) is 6.07. The lowest BCUT2D eigenvalue weighted by atomic mass is 10.1. The van der Waals surface area contributed by atoms with E-state index < -0.39 is 0 Å². The van der Waals surface area contributed by atoms with Crippen LogP contribution in [0.3, 0.4) is 0 Å². The van der Waals surface area contributed by atoms with Gasteiger partial charge in [-0.25, -0.2) is 0 Å². The molecule has 0 unspecified atom stereocenters. The van der Waals surface area contributed by atoms with Gasteiger partial charge in [0.05, 0.1) is 37.5 Å². The molecular formula is C17H22N4O4. The summed E-state index contributed by atoms with van der Waals surface area (Å²) in [6.07, 6.45) is 2.29. The average molecular weight is 346 g/mol. The number of carbonyl (C=O) groups is 1. The molecule has 3 heterocycles. The monoisotopic (exact) mass is 346 g/mol. The van der Waals surface area contributed by atoms with Crippen molar-refractivity contribution in [2.24, 2.45) is 0 Å². The van der Waals surface area contributed by atoms with E-state index in [-0.39, 0.29) is 30.0 Å². The van der Waals surface area contributed by atoms with Crippen LogP contribution in [0.15, 0.2) is 29.2 Å².